The fraction of sp³-hybridized carbons (Fsp3) is 0.667. The average Bonchev–Trinajstić information content (AvgIpc) is 1.86. The van der Waals surface area contributed by atoms with Gasteiger partial charge in [-0.25, -0.2) is 12.6 Å². The Morgan fingerprint density at radius 3 is 2.18 bits per heavy atom. The molecule has 0 aliphatic heterocycles. The van der Waals surface area contributed by atoms with E-state index in [4.69, 9.17) is 5.53 Å². The minimum atomic E-state index is -3.75. The van der Waals surface area contributed by atoms with Crippen LogP contribution in [0.1, 0.15) is 0 Å². The minimum absolute atomic E-state index is 0.763. The Morgan fingerprint density at radius 1 is 1.64 bits per heavy atom. The van der Waals surface area contributed by atoms with Gasteiger partial charge in [0.2, 0.25) is 0 Å². The van der Waals surface area contributed by atoms with Crippen molar-refractivity contribution in [1.29, 1.82) is 0 Å². The molecule has 6 nitrogen and oxygen atoms in total. The Balaban J connectivity index is 5.06. The van der Waals surface area contributed by atoms with Gasteiger partial charge in [-0.15, -0.1) is 4.79 Å². The van der Waals surface area contributed by atoms with E-state index in [9.17, 15) is 12.6 Å². The molecular weight excluding hydrogens is 192 g/mol. The third-order valence-electron chi connectivity index (χ3n) is 0.693. The van der Waals surface area contributed by atoms with E-state index in [0.29, 0.717) is 0 Å². The van der Waals surface area contributed by atoms with E-state index in [1.54, 1.807) is 0 Å². The van der Waals surface area contributed by atoms with Crippen LogP contribution in [-0.2, 0) is 25.1 Å². The van der Waals surface area contributed by atoms with Crippen LogP contribution in [0, 0.1) is 0 Å². The number of hydrogen-bond donors (Lipinski definition) is 0. The van der Waals surface area contributed by atoms with E-state index in [2.05, 4.69) is 8.97 Å². The van der Waals surface area contributed by atoms with Crippen molar-refractivity contribution in [3.8, 4) is 0 Å². The second-order valence-electron chi connectivity index (χ2n) is 1.54. The summed E-state index contributed by atoms with van der Waals surface area (Å²) in [4.78, 5) is 2.33. The molecule has 0 spiro atoms. The molecule has 0 amide bonds. The molecule has 0 saturated carbocycles. The van der Waals surface area contributed by atoms with Crippen LogP contribution in [0.2, 0.25) is 0 Å². The fourth-order valence-corrected chi connectivity index (χ4v) is 1.85. The zero-order valence-corrected chi connectivity index (χ0v) is 7.48. The van der Waals surface area contributed by atoms with Gasteiger partial charge in [0.25, 0.3) is 20.9 Å². The third-order valence-corrected chi connectivity index (χ3v) is 3.39. The molecule has 0 aromatic rings. The summed E-state index contributed by atoms with van der Waals surface area (Å²) in [6.45, 7) is 0. The van der Waals surface area contributed by atoms with Crippen LogP contribution in [0.3, 0.4) is 0 Å². The normalized spacial score (nSPS) is 13.6. The Hall–Kier alpha value is -0.560. The van der Waals surface area contributed by atoms with Crippen molar-refractivity contribution >= 4 is 25.3 Å². The molecule has 0 rings (SSSR count). The van der Waals surface area contributed by atoms with Gasteiger partial charge in [0.15, 0.2) is 0 Å². The van der Waals surface area contributed by atoms with Crippen LogP contribution in [0.15, 0.2) is 0 Å². The molecule has 0 saturated heterocycles. The van der Waals surface area contributed by atoms with Crippen molar-refractivity contribution in [3.05, 3.63) is 5.53 Å². The lowest BCUT2D eigenvalue weighted by atomic mass is 11.7. The summed E-state index contributed by atoms with van der Waals surface area (Å²) in [7, 11) is -2.72. The highest BCUT2D eigenvalue weighted by atomic mass is 32.3. The van der Waals surface area contributed by atoms with Gasteiger partial charge in [-0.1, -0.05) is 0 Å². The summed E-state index contributed by atoms with van der Waals surface area (Å²) in [6.07, 6.45) is 0.763. The molecule has 11 heavy (non-hydrogen) atoms. The zero-order valence-electron chi connectivity index (χ0n) is 5.84. The smallest absolute Gasteiger partial charge is 0.359 e. The molecule has 64 valence electrons. The van der Waals surface area contributed by atoms with E-state index in [1.165, 1.54) is 0 Å². The van der Waals surface area contributed by atoms with Crippen molar-refractivity contribution in [1.82, 2.24) is 0 Å². The number of nitrogens with zero attached hydrogens (tertiary/aromatic N) is 2. The van der Waals surface area contributed by atoms with Gasteiger partial charge >= 0.3 is 4.38 Å². The molecular formula is C3H6N2O4S2. The van der Waals surface area contributed by atoms with Gasteiger partial charge in [0, 0.05) is 0 Å². The van der Waals surface area contributed by atoms with E-state index >= 15 is 0 Å². The highest BCUT2D eigenvalue weighted by molar-refractivity contribution is 8.26. The zero-order chi connectivity index (χ0) is 9.07. The van der Waals surface area contributed by atoms with Crippen LogP contribution in [0.25, 0.3) is 5.53 Å². The Kier molecular flexibility index (Phi) is 3.53. The van der Waals surface area contributed by atoms with Crippen LogP contribution >= 0.6 is 0 Å². The molecule has 0 aromatic heterocycles. The van der Waals surface area contributed by atoms with Crippen molar-refractivity contribution in [2.45, 2.75) is 0 Å². The average molecular weight is 198 g/mol. The number of rotatable bonds is 1. The largest absolute Gasteiger partial charge is 0.494 e. The molecule has 8 heteroatoms. The fourth-order valence-electron chi connectivity index (χ4n) is 0.302. The topological polar surface area (TPSA) is 96.8 Å². The molecule has 0 heterocycles. The first-order valence-corrected chi connectivity index (χ1v) is 5.28. The van der Waals surface area contributed by atoms with Gasteiger partial charge in [-0.2, -0.15) is 0 Å². The molecule has 1 atom stereocenters. The summed E-state index contributed by atoms with van der Waals surface area (Å²) in [5.74, 6) is 0. The van der Waals surface area contributed by atoms with Crippen molar-refractivity contribution in [2.24, 2.45) is 0 Å². The molecule has 0 aromatic carbocycles. The van der Waals surface area contributed by atoms with Crippen LogP contribution in [0.4, 0.5) is 0 Å². The first-order chi connectivity index (χ1) is 4.93. The standard InChI is InChI=1S/C3H6N2O4S2/c1-9-10(6)3(5-4)11(2,7)8/h1-2H3. The van der Waals surface area contributed by atoms with E-state index in [-0.39, 0.29) is 0 Å². The monoisotopic (exact) mass is 198 g/mol. The maximum atomic E-state index is 10.6. The lowest BCUT2D eigenvalue weighted by molar-refractivity contribution is 0.00365. The summed E-state index contributed by atoms with van der Waals surface area (Å²) in [6, 6.07) is 0. The summed E-state index contributed by atoms with van der Waals surface area (Å²) in [5.41, 5.74) is 8.10. The Morgan fingerprint density at radius 2 is 2.09 bits per heavy atom. The lowest BCUT2D eigenvalue weighted by Gasteiger charge is -1.88. The first-order valence-electron chi connectivity index (χ1n) is 2.32. The SMILES string of the molecule is COS(=O)C(=[N+]=[N-])S(C)(=O)=O. The molecule has 0 aliphatic carbocycles. The quantitative estimate of drug-likeness (QED) is 0.232. The predicted molar refractivity (Wildman–Crippen MR) is 38.6 cm³/mol. The molecule has 1 unspecified atom stereocenters. The van der Waals surface area contributed by atoms with E-state index < -0.39 is 25.3 Å². The Bertz CT molecular complexity index is 312. The molecule has 0 radical (unpaired) electrons. The summed E-state index contributed by atoms with van der Waals surface area (Å²) >= 11 is -2.22. The first kappa shape index (κ1) is 10.4. The maximum absolute atomic E-state index is 10.6. The molecule has 0 bridgehead atoms. The lowest BCUT2D eigenvalue weighted by Crippen LogP contribution is -2.20. The van der Waals surface area contributed by atoms with Crippen LogP contribution in [-0.4, -0.2) is 35.2 Å². The van der Waals surface area contributed by atoms with Crippen molar-refractivity contribution in [2.75, 3.05) is 13.4 Å². The number of sulfone groups is 1. The van der Waals surface area contributed by atoms with E-state index in [1.807, 2.05) is 0 Å². The Labute approximate surface area is 66.4 Å². The van der Waals surface area contributed by atoms with E-state index in [0.717, 1.165) is 13.4 Å². The van der Waals surface area contributed by atoms with Gasteiger partial charge in [-0.3, -0.25) is 4.18 Å². The molecule has 0 fully saturated rings. The second kappa shape index (κ2) is 3.72. The highest BCUT2D eigenvalue weighted by Gasteiger charge is 2.30. The minimum Gasteiger partial charge on any atom is -0.359 e. The van der Waals surface area contributed by atoms with Gasteiger partial charge in [0.05, 0.1) is 13.4 Å². The van der Waals surface area contributed by atoms with Crippen LogP contribution < -0.4 is 0 Å². The van der Waals surface area contributed by atoms with Gasteiger partial charge in [0.1, 0.15) is 0 Å². The second-order valence-corrected chi connectivity index (χ2v) is 4.92. The molecule has 0 N–H and O–H groups in total. The van der Waals surface area contributed by atoms with Crippen molar-refractivity contribution < 1.29 is 21.6 Å². The van der Waals surface area contributed by atoms with Gasteiger partial charge in [-0.05, 0) is 0 Å². The summed E-state index contributed by atoms with van der Waals surface area (Å²) < 4.78 is 35.0. The van der Waals surface area contributed by atoms with Gasteiger partial charge < -0.3 is 5.53 Å². The van der Waals surface area contributed by atoms with Crippen LogP contribution in [0.5, 0.6) is 0 Å². The van der Waals surface area contributed by atoms with Crippen molar-refractivity contribution in [3.63, 3.8) is 0 Å². The number of hydrogen-bond acceptors (Lipinski definition) is 4. The molecule has 0 aliphatic rings. The predicted octanol–water partition coefficient (Wildman–Crippen LogP) is -1.07. The highest BCUT2D eigenvalue weighted by Crippen LogP contribution is 1.93. The summed E-state index contributed by atoms with van der Waals surface area (Å²) in [5, 5.41) is 0. The maximum Gasteiger partial charge on any atom is 0.494 e. The third kappa shape index (κ3) is 2.89.